The van der Waals surface area contributed by atoms with E-state index in [2.05, 4.69) is 62.2 Å². The Morgan fingerprint density at radius 1 is 1.08 bits per heavy atom. The second kappa shape index (κ2) is 6.94. The molecule has 3 rings (SSSR count). The lowest BCUT2D eigenvalue weighted by molar-refractivity contribution is 0.462. The van der Waals surface area contributed by atoms with Gasteiger partial charge < -0.3 is 5.11 Å². The Bertz CT molecular complexity index is 892. The lowest BCUT2D eigenvalue weighted by Crippen LogP contribution is -2.12. The molecule has 136 valence electrons. The fourth-order valence-electron chi connectivity index (χ4n) is 3.17. The van der Waals surface area contributed by atoms with E-state index in [1.165, 1.54) is 5.56 Å². The second-order valence-electron chi connectivity index (χ2n) is 7.93. The van der Waals surface area contributed by atoms with Crippen molar-refractivity contribution in [3.05, 3.63) is 53.7 Å². The molecule has 1 unspecified atom stereocenters. The van der Waals surface area contributed by atoms with Crippen molar-refractivity contribution in [3.8, 4) is 28.1 Å². The topological polar surface area (TPSA) is 61.8 Å². The van der Waals surface area contributed by atoms with Gasteiger partial charge in [-0.25, -0.2) is 0 Å². The minimum absolute atomic E-state index is 0.00645. The number of hydrogen-bond donors (Lipinski definition) is 2. The van der Waals surface area contributed by atoms with Gasteiger partial charge in [-0.3, -0.25) is 5.10 Å². The molecule has 1 heterocycles. The molecule has 26 heavy (non-hydrogen) atoms. The molecule has 4 heteroatoms. The fourth-order valence-corrected chi connectivity index (χ4v) is 3.17. The van der Waals surface area contributed by atoms with E-state index in [1.54, 1.807) is 6.20 Å². The molecular formula is C22H27N3O. The van der Waals surface area contributed by atoms with E-state index < -0.39 is 0 Å². The van der Waals surface area contributed by atoms with E-state index in [9.17, 15) is 5.11 Å². The highest BCUT2D eigenvalue weighted by atomic mass is 16.3. The van der Waals surface area contributed by atoms with Crippen LogP contribution in [0.3, 0.4) is 0 Å². The minimum atomic E-state index is -0.00645. The Morgan fingerprint density at radius 3 is 2.35 bits per heavy atom. The zero-order chi connectivity index (χ0) is 18.9. The highest BCUT2D eigenvalue weighted by molar-refractivity contribution is 5.85. The van der Waals surface area contributed by atoms with Crippen molar-refractivity contribution >= 4 is 0 Å². The van der Waals surface area contributed by atoms with Gasteiger partial charge in [0.15, 0.2) is 0 Å². The van der Waals surface area contributed by atoms with Crippen molar-refractivity contribution in [3.63, 3.8) is 0 Å². The van der Waals surface area contributed by atoms with Gasteiger partial charge in [0, 0.05) is 11.1 Å². The molecule has 0 fully saturated rings. The van der Waals surface area contributed by atoms with Crippen molar-refractivity contribution < 1.29 is 5.11 Å². The number of aromatic hydroxyl groups is 1. The van der Waals surface area contributed by atoms with E-state index in [-0.39, 0.29) is 11.3 Å². The first-order valence-electron chi connectivity index (χ1n) is 9.16. The molecule has 3 aromatic rings. The van der Waals surface area contributed by atoms with Gasteiger partial charge in [0.1, 0.15) is 11.4 Å². The van der Waals surface area contributed by atoms with Crippen molar-refractivity contribution in [2.24, 2.45) is 0 Å². The molecule has 4 nitrogen and oxygen atoms in total. The molecule has 0 saturated carbocycles. The van der Waals surface area contributed by atoms with Crippen LogP contribution in [0.25, 0.3) is 22.4 Å². The molecule has 0 bridgehead atoms. The number of aromatic amines is 1. The number of phenols is 1. The standard InChI is InChI=1S/C22H27N3O/c1-6-14(2)18-11-15(22(3,4)5)12-19(21(18)26)16-9-7-8-10-17(16)20-13-23-25-24-20/h7-14,26H,6H2,1-5H3,(H,23,24,25). The van der Waals surface area contributed by atoms with E-state index in [0.717, 1.165) is 34.4 Å². The largest absolute Gasteiger partial charge is 0.507 e. The van der Waals surface area contributed by atoms with Gasteiger partial charge in [0.2, 0.25) is 0 Å². The van der Waals surface area contributed by atoms with E-state index in [0.29, 0.717) is 5.75 Å². The Morgan fingerprint density at radius 2 is 1.77 bits per heavy atom. The van der Waals surface area contributed by atoms with Gasteiger partial charge in [0.25, 0.3) is 0 Å². The van der Waals surface area contributed by atoms with Crippen LogP contribution in [-0.2, 0) is 5.41 Å². The molecule has 0 radical (unpaired) electrons. The molecule has 2 N–H and O–H groups in total. The monoisotopic (exact) mass is 349 g/mol. The van der Waals surface area contributed by atoms with E-state index >= 15 is 0 Å². The predicted octanol–water partition coefficient (Wildman–Crippen LogP) is 5.66. The Kier molecular flexibility index (Phi) is 4.86. The Hall–Kier alpha value is -2.62. The lowest BCUT2D eigenvalue weighted by atomic mass is 9.81. The summed E-state index contributed by atoms with van der Waals surface area (Å²) in [5, 5.41) is 21.9. The number of hydrogen-bond acceptors (Lipinski definition) is 3. The molecule has 0 amide bonds. The SMILES string of the molecule is CCC(C)c1cc(C(C)(C)C)cc(-c2ccccc2-c2c[nH]nn2)c1O. The average molecular weight is 349 g/mol. The van der Waals surface area contributed by atoms with Crippen LogP contribution in [0.1, 0.15) is 58.1 Å². The van der Waals surface area contributed by atoms with Crippen LogP contribution >= 0.6 is 0 Å². The highest BCUT2D eigenvalue weighted by Gasteiger charge is 2.23. The number of benzene rings is 2. The summed E-state index contributed by atoms with van der Waals surface area (Å²) in [7, 11) is 0. The summed E-state index contributed by atoms with van der Waals surface area (Å²) < 4.78 is 0. The number of nitrogens with zero attached hydrogens (tertiary/aromatic N) is 2. The number of H-pyrrole nitrogens is 1. The Balaban J connectivity index is 2.29. The average Bonchev–Trinajstić information content (AvgIpc) is 3.15. The van der Waals surface area contributed by atoms with Gasteiger partial charge in [-0.2, -0.15) is 0 Å². The first kappa shape index (κ1) is 18.2. The summed E-state index contributed by atoms with van der Waals surface area (Å²) >= 11 is 0. The first-order valence-corrected chi connectivity index (χ1v) is 9.16. The van der Waals surface area contributed by atoms with E-state index in [1.807, 2.05) is 24.3 Å². The van der Waals surface area contributed by atoms with Gasteiger partial charge in [-0.15, -0.1) is 5.10 Å². The van der Waals surface area contributed by atoms with Gasteiger partial charge in [-0.05, 0) is 40.5 Å². The van der Waals surface area contributed by atoms with Crippen LogP contribution in [0, 0.1) is 0 Å². The van der Waals surface area contributed by atoms with Crippen molar-refractivity contribution in [1.29, 1.82) is 0 Å². The predicted molar refractivity (Wildman–Crippen MR) is 106 cm³/mol. The summed E-state index contributed by atoms with van der Waals surface area (Å²) in [5.41, 5.74) is 5.76. The maximum atomic E-state index is 11.1. The summed E-state index contributed by atoms with van der Waals surface area (Å²) in [4.78, 5) is 0. The fraction of sp³-hybridized carbons (Fsp3) is 0.364. The molecule has 0 aliphatic heterocycles. The minimum Gasteiger partial charge on any atom is -0.507 e. The normalized spacial score (nSPS) is 13.0. The number of nitrogens with one attached hydrogen (secondary N) is 1. The maximum Gasteiger partial charge on any atom is 0.126 e. The van der Waals surface area contributed by atoms with E-state index in [4.69, 9.17) is 0 Å². The number of rotatable bonds is 4. The third-order valence-electron chi connectivity index (χ3n) is 5.06. The number of aromatic nitrogens is 3. The first-order chi connectivity index (χ1) is 12.3. The van der Waals surface area contributed by atoms with Gasteiger partial charge >= 0.3 is 0 Å². The zero-order valence-corrected chi connectivity index (χ0v) is 16.2. The molecule has 0 spiro atoms. The molecule has 2 aromatic carbocycles. The summed E-state index contributed by atoms with van der Waals surface area (Å²) in [6.45, 7) is 10.9. The molecule has 0 aliphatic rings. The van der Waals surface area contributed by atoms with Crippen LogP contribution in [0.15, 0.2) is 42.6 Å². The summed E-state index contributed by atoms with van der Waals surface area (Å²) in [5.74, 6) is 0.651. The van der Waals surface area contributed by atoms with Crippen molar-refractivity contribution in [1.82, 2.24) is 15.4 Å². The van der Waals surface area contributed by atoms with Crippen LogP contribution in [0.5, 0.6) is 5.75 Å². The maximum absolute atomic E-state index is 11.1. The number of phenolic OH excluding ortho intramolecular Hbond substituents is 1. The van der Waals surface area contributed by atoms with Crippen molar-refractivity contribution in [2.75, 3.05) is 0 Å². The highest BCUT2D eigenvalue weighted by Crippen LogP contribution is 2.43. The Labute approximate surface area is 155 Å². The molecular weight excluding hydrogens is 322 g/mol. The quantitative estimate of drug-likeness (QED) is 0.639. The smallest absolute Gasteiger partial charge is 0.126 e. The van der Waals surface area contributed by atoms with Crippen molar-refractivity contribution in [2.45, 2.75) is 52.4 Å². The molecule has 0 saturated heterocycles. The third-order valence-corrected chi connectivity index (χ3v) is 5.06. The second-order valence-corrected chi connectivity index (χ2v) is 7.93. The molecule has 1 atom stereocenters. The zero-order valence-electron chi connectivity index (χ0n) is 16.2. The lowest BCUT2D eigenvalue weighted by Gasteiger charge is -2.25. The molecule has 0 aliphatic carbocycles. The molecule has 1 aromatic heterocycles. The van der Waals surface area contributed by atoms with Crippen LogP contribution in [-0.4, -0.2) is 20.5 Å². The summed E-state index contributed by atoms with van der Waals surface area (Å²) in [6.07, 6.45) is 2.75. The van der Waals surface area contributed by atoms with Crippen LogP contribution in [0.4, 0.5) is 0 Å². The van der Waals surface area contributed by atoms with Gasteiger partial charge in [-0.1, -0.05) is 70.2 Å². The van der Waals surface area contributed by atoms with Crippen LogP contribution < -0.4 is 0 Å². The summed E-state index contributed by atoms with van der Waals surface area (Å²) in [6, 6.07) is 12.3. The van der Waals surface area contributed by atoms with Gasteiger partial charge in [0.05, 0.1) is 6.20 Å². The third kappa shape index (κ3) is 3.36. The van der Waals surface area contributed by atoms with Crippen LogP contribution in [0.2, 0.25) is 0 Å².